The number of carbonyl (C=O) groups excluding carboxylic acids is 2. The number of ether oxygens (including phenoxy) is 1. The minimum atomic E-state index is -1.33. The highest BCUT2D eigenvalue weighted by Crippen LogP contribution is 2.23. The van der Waals surface area contributed by atoms with E-state index in [0.29, 0.717) is 6.07 Å². The Hall–Kier alpha value is -2.76. The van der Waals surface area contributed by atoms with E-state index in [1.54, 1.807) is 0 Å². The van der Waals surface area contributed by atoms with Gasteiger partial charge in [0.2, 0.25) is 5.91 Å². The van der Waals surface area contributed by atoms with Crippen LogP contribution in [0.25, 0.3) is 0 Å². The average molecular weight is 373 g/mol. The Morgan fingerprint density at radius 2 is 1.81 bits per heavy atom. The Morgan fingerprint density at radius 1 is 1.07 bits per heavy atom. The predicted molar refractivity (Wildman–Crippen MR) is 96.0 cm³/mol. The number of nitrogens with one attached hydrogen (secondary N) is 1. The van der Waals surface area contributed by atoms with Gasteiger partial charge in [-0.1, -0.05) is 24.3 Å². The lowest BCUT2D eigenvalue weighted by Gasteiger charge is -2.19. The first-order valence-electron chi connectivity index (χ1n) is 8.90. The second kappa shape index (κ2) is 8.29. The van der Waals surface area contributed by atoms with Crippen LogP contribution in [0.5, 0.6) is 0 Å². The van der Waals surface area contributed by atoms with E-state index < -0.39 is 29.6 Å². The van der Waals surface area contributed by atoms with Crippen LogP contribution in [-0.2, 0) is 33.6 Å². The van der Waals surface area contributed by atoms with Gasteiger partial charge in [-0.05, 0) is 48.4 Å². The molecule has 3 rings (SSSR count). The molecule has 0 saturated heterocycles. The van der Waals surface area contributed by atoms with Crippen LogP contribution < -0.4 is 5.32 Å². The zero-order valence-electron chi connectivity index (χ0n) is 15.1. The van der Waals surface area contributed by atoms with Crippen molar-refractivity contribution in [2.24, 2.45) is 0 Å². The summed E-state index contributed by atoms with van der Waals surface area (Å²) in [6, 6.07) is 7.45. The molecule has 1 atom stereocenters. The molecule has 0 aliphatic heterocycles. The lowest BCUT2D eigenvalue weighted by atomic mass is 9.90. The summed E-state index contributed by atoms with van der Waals surface area (Å²) in [5, 5.41) is 2.50. The number of carbonyl (C=O) groups is 2. The van der Waals surface area contributed by atoms with E-state index in [9.17, 15) is 18.4 Å². The fourth-order valence-corrected chi connectivity index (χ4v) is 3.41. The zero-order valence-corrected chi connectivity index (χ0v) is 15.1. The Balaban J connectivity index is 1.75. The third kappa shape index (κ3) is 4.51. The van der Waals surface area contributed by atoms with Crippen LogP contribution in [0.4, 0.5) is 8.78 Å². The topological polar surface area (TPSA) is 55.4 Å². The summed E-state index contributed by atoms with van der Waals surface area (Å²) in [6.45, 7) is 0. The van der Waals surface area contributed by atoms with Gasteiger partial charge in [0.25, 0.3) is 0 Å². The Bertz CT molecular complexity index is 867. The lowest BCUT2D eigenvalue weighted by molar-refractivity contribution is -0.145. The molecule has 1 aliphatic carbocycles. The van der Waals surface area contributed by atoms with Crippen LogP contribution in [-0.4, -0.2) is 19.0 Å². The highest BCUT2D eigenvalue weighted by molar-refractivity contribution is 5.86. The number of hydrogen-bond acceptors (Lipinski definition) is 3. The third-order valence-corrected chi connectivity index (χ3v) is 4.79. The van der Waals surface area contributed by atoms with Gasteiger partial charge in [-0.25, -0.2) is 13.6 Å². The first-order valence-corrected chi connectivity index (χ1v) is 8.90. The van der Waals surface area contributed by atoms with Crippen LogP contribution in [0, 0.1) is 11.6 Å². The molecule has 142 valence electrons. The molecule has 0 bridgehead atoms. The number of fused-ring (bicyclic) bond motifs is 1. The maximum atomic E-state index is 14.1. The van der Waals surface area contributed by atoms with Crippen molar-refractivity contribution < 1.29 is 23.1 Å². The number of halogens is 2. The van der Waals surface area contributed by atoms with Crippen molar-refractivity contribution in [1.29, 1.82) is 0 Å². The van der Waals surface area contributed by atoms with Gasteiger partial charge in [-0.3, -0.25) is 4.79 Å². The van der Waals surface area contributed by atoms with E-state index in [-0.39, 0.29) is 12.0 Å². The van der Waals surface area contributed by atoms with Crippen LogP contribution in [0.1, 0.15) is 41.1 Å². The molecule has 4 nitrogen and oxygen atoms in total. The van der Waals surface area contributed by atoms with Gasteiger partial charge >= 0.3 is 5.97 Å². The molecule has 0 spiro atoms. The molecule has 0 aromatic heterocycles. The predicted octanol–water partition coefficient (Wildman–Crippen LogP) is 3.42. The lowest BCUT2D eigenvalue weighted by Crippen LogP contribution is -2.36. The van der Waals surface area contributed by atoms with Gasteiger partial charge in [0, 0.05) is 11.6 Å². The van der Waals surface area contributed by atoms with Crippen molar-refractivity contribution in [3.63, 3.8) is 0 Å². The Labute approximate surface area is 156 Å². The van der Waals surface area contributed by atoms with Crippen LogP contribution in [0.2, 0.25) is 0 Å². The molecule has 1 N–H and O–H groups in total. The number of hydrogen-bond donors (Lipinski definition) is 1. The summed E-state index contributed by atoms with van der Waals surface area (Å²) < 4.78 is 31.9. The number of esters is 1. The fraction of sp³-hybridized carbons (Fsp3) is 0.333. The molecule has 0 fully saturated rings. The van der Waals surface area contributed by atoms with Gasteiger partial charge in [0.1, 0.15) is 11.6 Å². The minimum Gasteiger partial charge on any atom is -0.467 e. The summed E-state index contributed by atoms with van der Waals surface area (Å²) >= 11 is 0. The standard InChI is InChI=1S/C21H21F2NO3/c1-27-21(26)20(17-9-8-16(22)12-18(17)23)24-19(25)11-13-6-7-14-4-2-3-5-15(14)10-13/h6-10,12,20H,2-5,11H2,1H3,(H,24,25)/t20-/m0/s1. The molecular formula is C21H21F2NO3. The van der Waals surface area contributed by atoms with Gasteiger partial charge < -0.3 is 10.1 Å². The molecule has 0 radical (unpaired) electrons. The minimum absolute atomic E-state index is 0.0591. The SMILES string of the molecule is COC(=O)[C@@H](NC(=O)Cc1ccc2c(c1)CCCC2)c1ccc(F)cc1F. The fourth-order valence-electron chi connectivity index (χ4n) is 3.41. The van der Waals surface area contributed by atoms with Crippen molar-refractivity contribution in [3.8, 4) is 0 Å². The zero-order chi connectivity index (χ0) is 19.4. The highest BCUT2D eigenvalue weighted by atomic mass is 19.1. The second-order valence-electron chi connectivity index (χ2n) is 6.68. The first kappa shape index (κ1) is 19.0. The smallest absolute Gasteiger partial charge is 0.333 e. The van der Waals surface area contributed by atoms with Crippen molar-refractivity contribution >= 4 is 11.9 Å². The molecule has 2 aromatic rings. The molecule has 6 heteroatoms. The van der Waals surface area contributed by atoms with E-state index in [0.717, 1.165) is 44.1 Å². The van der Waals surface area contributed by atoms with Gasteiger partial charge in [-0.2, -0.15) is 0 Å². The maximum absolute atomic E-state index is 14.1. The van der Waals surface area contributed by atoms with Gasteiger partial charge in [0.15, 0.2) is 6.04 Å². The average Bonchev–Trinajstić information content (AvgIpc) is 2.66. The van der Waals surface area contributed by atoms with Crippen molar-refractivity contribution in [1.82, 2.24) is 5.32 Å². The summed E-state index contributed by atoms with van der Waals surface area (Å²) in [5.74, 6) is -2.94. The number of aryl methyl sites for hydroxylation is 2. The highest BCUT2D eigenvalue weighted by Gasteiger charge is 2.27. The molecule has 0 unspecified atom stereocenters. The molecule has 1 amide bonds. The van der Waals surface area contributed by atoms with Gasteiger partial charge in [-0.15, -0.1) is 0 Å². The number of methoxy groups -OCH3 is 1. The molecule has 1 aliphatic rings. The third-order valence-electron chi connectivity index (χ3n) is 4.79. The molecular weight excluding hydrogens is 352 g/mol. The summed E-state index contributed by atoms with van der Waals surface area (Å²) in [5.41, 5.74) is 3.25. The van der Waals surface area contributed by atoms with E-state index in [4.69, 9.17) is 0 Å². The Morgan fingerprint density at radius 3 is 2.52 bits per heavy atom. The normalized spacial score (nSPS) is 14.2. The number of amides is 1. The maximum Gasteiger partial charge on any atom is 0.333 e. The van der Waals surface area contributed by atoms with E-state index >= 15 is 0 Å². The molecule has 2 aromatic carbocycles. The molecule has 0 saturated carbocycles. The van der Waals surface area contributed by atoms with E-state index in [1.807, 2.05) is 18.2 Å². The summed E-state index contributed by atoms with van der Waals surface area (Å²) in [4.78, 5) is 24.5. The Kier molecular flexibility index (Phi) is 5.84. The van der Waals surface area contributed by atoms with Crippen molar-refractivity contribution in [3.05, 3.63) is 70.3 Å². The van der Waals surface area contributed by atoms with Crippen molar-refractivity contribution in [2.75, 3.05) is 7.11 Å². The monoisotopic (exact) mass is 373 g/mol. The largest absolute Gasteiger partial charge is 0.467 e. The first-order chi connectivity index (χ1) is 13.0. The molecule has 27 heavy (non-hydrogen) atoms. The quantitative estimate of drug-likeness (QED) is 0.817. The second-order valence-corrected chi connectivity index (χ2v) is 6.68. The van der Waals surface area contributed by atoms with Crippen LogP contribution in [0.15, 0.2) is 36.4 Å². The number of benzene rings is 2. The molecule has 0 heterocycles. The summed E-state index contributed by atoms with van der Waals surface area (Å²) in [7, 11) is 1.15. The van der Waals surface area contributed by atoms with Gasteiger partial charge in [0.05, 0.1) is 13.5 Å². The number of rotatable bonds is 5. The van der Waals surface area contributed by atoms with E-state index in [2.05, 4.69) is 10.1 Å². The summed E-state index contributed by atoms with van der Waals surface area (Å²) in [6.07, 6.45) is 4.42. The van der Waals surface area contributed by atoms with Crippen LogP contribution >= 0.6 is 0 Å². The van der Waals surface area contributed by atoms with Crippen molar-refractivity contribution in [2.45, 2.75) is 38.1 Å². The van der Waals surface area contributed by atoms with E-state index in [1.165, 1.54) is 17.5 Å². The van der Waals surface area contributed by atoms with Crippen LogP contribution in [0.3, 0.4) is 0 Å².